The quantitative estimate of drug-likeness (QED) is 0.743. The van der Waals surface area contributed by atoms with Gasteiger partial charge < -0.3 is 15.0 Å². The molecule has 2 rings (SSSR count). The number of hydrogen-bond acceptors (Lipinski definition) is 3. The van der Waals surface area contributed by atoms with E-state index in [2.05, 4.69) is 21.2 Å². The molecule has 0 atom stereocenters. The lowest BCUT2D eigenvalue weighted by atomic mass is 10.1. The Morgan fingerprint density at radius 3 is 2.62 bits per heavy atom. The zero-order valence-corrected chi connectivity index (χ0v) is 16.8. The van der Waals surface area contributed by atoms with Gasteiger partial charge >= 0.3 is 0 Å². The van der Waals surface area contributed by atoms with Gasteiger partial charge in [-0.05, 0) is 64.7 Å². The lowest BCUT2D eigenvalue weighted by Crippen LogP contribution is -2.22. The van der Waals surface area contributed by atoms with Crippen LogP contribution in [0.2, 0.25) is 0 Å². The van der Waals surface area contributed by atoms with E-state index in [1.807, 2.05) is 49.4 Å². The minimum atomic E-state index is -0.237. The summed E-state index contributed by atoms with van der Waals surface area (Å²) in [6, 6.07) is 13.2. The largest absolute Gasteiger partial charge is 0.483 e. The highest BCUT2D eigenvalue weighted by atomic mass is 79.9. The molecule has 138 valence electrons. The van der Waals surface area contributed by atoms with Crippen LogP contribution in [0.4, 0.5) is 5.69 Å². The van der Waals surface area contributed by atoms with Gasteiger partial charge in [-0.15, -0.1) is 0 Å². The molecule has 26 heavy (non-hydrogen) atoms. The molecule has 0 radical (unpaired) electrons. The number of carbonyl (C=O) groups excluding carboxylic acids is 2. The summed E-state index contributed by atoms with van der Waals surface area (Å²) in [7, 11) is 3.48. The van der Waals surface area contributed by atoms with Crippen molar-refractivity contribution in [2.24, 2.45) is 0 Å². The van der Waals surface area contributed by atoms with Crippen molar-refractivity contribution in [3.63, 3.8) is 0 Å². The van der Waals surface area contributed by atoms with Crippen molar-refractivity contribution in [1.82, 2.24) is 4.90 Å². The molecule has 1 N–H and O–H groups in total. The maximum Gasteiger partial charge on any atom is 0.262 e. The lowest BCUT2D eigenvalue weighted by molar-refractivity contribution is -0.128. The summed E-state index contributed by atoms with van der Waals surface area (Å²) in [5, 5.41) is 2.82. The third-order valence-corrected chi connectivity index (χ3v) is 4.40. The van der Waals surface area contributed by atoms with Crippen LogP contribution in [0.25, 0.3) is 0 Å². The molecular formula is C20H23BrN2O3. The van der Waals surface area contributed by atoms with Crippen molar-refractivity contribution in [3.8, 4) is 5.75 Å². The van der Waals surface area contributed by atoms with E-state index in [-0.39, 0.29) is 18.4 Å². The molecule has 0 aromatic heterocycles. The Kier molecular flexibility index (Phi) is 7.21. The van der Waals surface area contributed by atoms with E-state index in [0.717, 1.165) is 15.6 Å². The molecule has 0 fully saturated rings. The van der Waals surface area contributed by atoms with Gasteiger partial charge in [0.1, 0.15) is 5.75 Å². The fourth-order valence-corrected chi connectivity index (χ4v) is 2.95. The number of ether oxygens (including phenoxy) is 1. The molecule has 0 saturated heterocycles. The summed E-state index contributed by atoms with van der Waals surface area (Å²) in [5.41, 5.74) is 2.80. The third kappa shape index (κ3) is 6.19. The van der Waals surface area contributed by atoms with Gasteiger partial charge in [-0.1, -0.05) is 18.2 Å². The third-order valence-electron chi connectivity index (χ3n) is 3.78. The smallest absolute Gasteiger partial charge is 0.262 e. The molecular weight excluding hydrogens is 396 g/mol. The standard InChI is InChI=1S/C20H23BrN2O3/c1-14-7-9-18(17(21)11-14)26-13-19(24)22-16-6-4-5-15(12-16)8-10-20(25)23(2)3/h4-7,9,11-12H,8,10,13H2,1-3H3,(H,22,24). The van der Waals surface area contributed by atoms with Crippen molar-refractivity contribution < 1.29 is 14.3 Å². The van der Waals surface area contributed by atoms with Gasteiger partial charge in [-0.3, -0.25) is 9.59 Å². The minimum Gasteiger partial charge on any atom is -0.483 e. The Morgan fingerprint density at radius 2 is 1.92 bits per heavy atom. The predicted octanol–water partition coefficient (Wildman–Crippen LogP) is 3.80. The summed E-state index contributed by atoms with van der Waals surface area (Å²) in [6.45, 7) is 1.91. The SMILES string of the molecule is Cc1ccc(OCC(=O)Nc2cccc(CCC(=O)N(C)C)c2)c(Br)c1. The van der Waals surface area contributed by atoms with Gasteiger partial charge in [0.2, 0.25) is 5.91 Å². The van der Waals surface area contributed by atoms with Gasteiger partial charge in [0.25, 0.3) is 5.91 Å². The van der Waals surface area contributed by atoms with Crippen LogP contribution in [-0.2, 0) is 16.0 Å². The molecule has 0 aliphatic heterocycles. The number of rotatable bonds is 7. The highest BCUT2D eigenvalue weighted by molar-refractivity contribution is 9.10. The number of anilines is 1. The van der Waals surface area contributed by atoms with E-state index in [1.165, 1.54) is 0 Å². The van der Waals surface area contributed by atoms with E-state index < -0.39 is 0 Å². The molecule has 0 aliphatic carbocycles. The Labute approximate surface area is 162 Å². The number of hydrogen-bond donors (Lipinski definition) is 1. The van der Waals surface area contributed by atoms with E-state index in [9.17, 15) is 9.59 Å². The molecule has 0 heterocycles. The molecule has 2 aromatic rings. The first-order valence-corrected chi connectivity index (χ1v) is 9.12. The van der Waals surface area contributed by atoms with E-state index in [4.69, 9.17) is 4.74 Å². The number of amides is 2. The Morgan fingerprint density at radius 1 is 1.15 bits per heavy atom. The summed E-state index contributed by atoms with van der Waals surface area (Å²) >= 11 is 3.42. The number of nitrogens with zero attached hydrogens (tertiary/aromatic N) is 1. The number of benzene rings is 2. The molecule has 0 spiro atoms. The van der Waals surface area contributed by atoms with Crippen LogP contribution < -0.4 is 10.1 Å². The van der Waals surface area contributed by atoms with Crippen LogP contribution in [0.15, 0.2) is 46.9 Å². The molecule has 0 bridgehead atoms. The van der Waals surface area contributed by atoms with Gasteiger partial charge in [0.05, 0.1) is 4.47 Å². The van der Waals surface area contributed by atoms with Crippen LogP contribution in [-0.4, -0.2) is 37.4 Å². The first-order chi connectivity index (χ1) is 12.3. The summed E-state index contributed by atoms with van der Waals surface area (Å²) in [6.07, 6.45) is 1.07. The second-order valence-electron chi connectivity index (χ2n) is 6.26. The van der Waals surface area contributed by atoms with Crippen LogP contribution in [0, 0.1) is 6.92 Å². The van der Waals surface area contributed by atoms with Crippen molar-refractivity contribution >= 4 is 33.4 Å². The molecule has 2 aromatic carbocycles. The summed E-state index contributed by atoms with van der Waals surface area (Å²) in [4.78, 5) is 25.4. The predicted molar refractivity (Wildman–Crippen MR) is 106 cm³/mol. The van der Waals surface area contributed by atoms with Crippen molar-refractivity contribution in [2.45, 2.75) is 19.8 Å². The number of halogens is 1. The molecule has 5 nitrogen and oxygen atoms in total. The first-order valence-electron chi connectivity index (χ1n) is 8.33. The highest BCUT2D eigenvalue weighted by Crippen LogP contribution is 2.25. The van der Waals surface area contributed by atoms with Crippen LogP contribution >= 0.6 is 15.9 Å². The summed E-state index contributed by atoms with van der Waals surface area (Å²) < 4.78 is 6.37. The molecule has 0 saturated carbocycles. The molecule has 0 unspecified atom stereocenters. The number of aryl methyl sites for hydroxylation is 2. The lowest BCUT2D eigenvalue weighted by Gasteiger charge is -2.11. The van der Waals surface area contributed by atoms with Crippen LogP contribution in [0.5, 0.6) is 5.75 Å². The molecule has 0 aliphatic rings. The Balaban J connectivity index is 1.88. The van der Waals surface area contributed by atoms with Crippen LogP contribution in [0.1, 0.15) is 17.5 Å². The first kappa shape index (κ1) is 20.0. The Bertz CT molecular complexity index is 790. The zero-order chi connectivity index (χ0) is 19.1. The zero-order valence-electron chi connectivity index (χ0n) is 15.2. The summed E-state index contributed by atoms with van der Waals surface area (Å²) in [5.74, 6) is 0.470. The highest BCUT2D eigenvalue weighted by Gasteiger charge is 2.08. The van der Waals surface area contributed by atoms with Crippen molar-refractivity contribution in [2.75, 3.05) is 26.0 Å². The topological polar surface area (TPSA) is 58.6 Å². The maximum atomic E-state index is 12.1. The van der Waals surface area contributed by atoms with Gasteiger partial charge in [0, 0.05) is 26.2 Å². The fraction of sp³-hybridized carbons (Fsp3) is 0.300. The van der Waals surface area contributed by atoms with Crippen molar-refractivity contribution in [3.05, 3.63) is 58.1 Å². The minimum absolute atomic E-state index is 0.0784. The maximum absolute atomic E-state index is 12.1. The second-order valence-corrected chi connectivity index (χ2v) is 7.11. The van der Waals surface area contributed by atoms with E-state index in [1.54, 1.807) is 19.0 Å². The van der Waals surface area contributed by atoms with Gasteiger partial charge in [0.15, 0.2) is 6.61 Å². The average molecular weight is 419 g/mol. The van der Waals surface area contributed by atoms with E-state index >= 15 is 0 Å². The number of nitrogens with one attached hydrogen (secondary N) is 1. The van der Waals surface area contributed by atoms with Crippen LogP contribution in [0.3, 0.4) is 0 Å². The second kappa shape index (κ2) is 9.38. The Hall–Kier alpha value is -2.34. The fourth-order valence-electron chi connectivity index (χ4n) is 2.34. The van der Waals surface area contributed by atoms with Crippen molar-refractivity contribution in [1.29, 1.82) is 0 Å². The van der Waals surface area contributed by atoms with E-state index in [0.29, 0.717) is 24.3 Å². The normalized spacial score (nSPS) is 10.3. The van der Waals surface area contributed by atoms with Gasteiger partial charge in [-0.25, -0.2) is 0 Å². The molecule has 2 amide bonds. The molecule has 6 heteroatoms. The van der Waals surface area contributed by atoms with Gasteiger partial charge in [-0.2, -0.15) is 0 Å². The number of carbonyl (C=O) groups is 2. The average Bonchev–Trinajstić information content (AvgIpc) is 2.59. The monoisotopic (exact) mass is 418 g/mol.